The van der Waals surface area contributed by atoms with Gasteiger partial charge in [-0.2, -0.15) is 0 Å². The molecule has 28 heavy (non-hydrogen) atoms. The van der Waals surface area contributed by atoms with Crippen molar-refractivity contribution in [3.05, 3.63) is 53.6 Å². The summed E-state index contributed by atoms with van der Waals surface area (Å²) < 4.78 is 22.5. The van der Waals surface area contributed by atoms with Gasteiger partial charge in [-0.3, -0.25) is 4.79 Å². The Morgan fingerprint density at radius 1 is 1.11 bits per heavy atom. The lowest BCUT2D eigenvalue weighted by Crippen LogP contribution is -2.39. The predicted octanol–water partition coefficient (Wildman–Crippen LogP) is 1.88. The van der Waals surface area contributed by atoms with Gasteiger partial charge in [-0.05, 0) is 61.4 Å². The van der Waals surface area contributed by atoms with E-state index in [1.165, 1.54) is 24.3 Å². The van der Waals surface area contributed by atoms with Crippen LogP contribution >= 0.6 is 0 Å². The molecule has 4 N–H and O–H groups in total. The van der Waals surface area contributed by atoms with Crippen molar-refractivity contribution in [3.63, 3.8) is 0 Å². The maximum atomic E-state index is 12.3. The summed E-state index contributed by atoms with van der Waals surface area (Å²) in [6, 6.07) is 10.5. The first-order valence-corrected chi connectivity index (χ1v) is 10.3. The fourth-order valence-electron chi connectivity index (χ4n) is 3.03. The second-order valence-electron chi connectivity index (χ2n) is 6.84. The van der Waals surface area contributed by atoms with Crippen molar-refractivity contribution in [1.82, 2.24) is 5.32 Å². The highest BCUT2D eigenvalue weighted by molar-refractivity contribution is 7.89. The Labute approximate surface area is 163 Å². The first-order chi connectivity index (χ1) is 13.1. The lowest BCUT2D eigenvalue weighted by molar-refractivity contribution is -0.117. The van der Waals surface area contributed by atoms with E-state index < -0.39 is 16.1 Å². The second kappa shape index (κ2) is 7.61. The molecule has 148 valence electrons. The molecular formula is C19H22N4O4S. The van der Waals surface area contributed by atoms with Crippen molar-refractivity contribution in [2.45, 2.75) is 31.2 Å². The number of anilines is 2. The molecule has 0 spiro atoms. The van der Waals surface area contributed by atoms with Gasteiger partial charge in [-0.25, -0.2) is 18.4 Å². The van der Waals surface area contributed by atoms with E-state index in [0.717, 1.165) is 16.8 Å². The van der Waals surface area contributed by atoms with Crippen molar-refractivity contribution in [2.75, 3.05) is 16.8 Å². The number of hydrogen-bond donors (Lipinski definition) is 3. The van der Waals surface area contributed by atoms with Crippen LogP contribution in [-0.2, 0) is 14.8 Å². The molecule has 1 aliphatic rings. The monoisotopic (exact) mass is 402 g/mol. The average molecular weight is 402 g/mol. The van der Waals surface area contributed by atoms with Crippen molar-refractivity contribution in [3.8, 4) is 0 Å². The van der Waals surface area contributed by atoms with Crippen molar-refractivity contribution < 1.29 is 18.0 Å². The molecule has 8 nitrogen and oxygen atoms in total. The summed E-state index contributed by atoms with van der Waals surface area (Å²) in [4.78, 5) is 26.2. The number of amides is 3. The summed E-state index contributed by atoms with van der Waals surface area (Å²) in [6.07, 6.45) is 0.213. The summed E-state index contributed by atoms with van der Waals surface area (Å²) in [6.45, 7) is 4.39. The van der Waals surface area contributed by atoms with Gasteiger partial charge in [0.05, 0.1) is 10.9 Å². The molecule has 0 saturated carbocycles. The number of rotatable bonds is 4. The van der Waals surface area contributed by atoms with Crippen LogP contribution in [0.4, 0.5) is 16.2 Å². The van der Waals surface area contributed by atoms with Crippen LogP contribution in [0.1, 0.15) is 17.5 Å². The second-order valence-corrected chi connectivity index (χ2v) is 8.40. The zero-order valence-corrected chi connectivity index (χ0v) is 16.4. The van der Waals surface area contributed by atoms with Crippen LogP contribution < -0.4 is 20.7 Å². The first kappa shape index (κ1) is 19.8. The van der Waals surface area contributed by atoms with Crippen LogP contribution in [0.2, 0.25) is 0 Å². The number of nitrogens with zero attached hydrogens (tertiary/aromatic N) is 1. The summed E-state index contributed by atoms with van der Waals surface area (Å²) in [7, 11) is -3.78. The van der Waals surface area contributed by atoms with Crippen LogP contribution in [-0.4, -0.2) is 32.9 Å². The van der Waals surface area contributed by atoms with Crippen molar-refractivity contribution in [2.24, 2.45) is 5.14 Å². The van der Waals surface area contributed by atoms with Gasteiger partial charge in [0.25, 0.3) is 0 Å². The highest BCUT2D eigenvalue weighted by atomic mass is 32.2. The van der Waals surface area contributed by atoms with E-state index in [4.69, 9.17) is 5.14 Å². The van der Waals surface area contributed by atoms with Gasteiger partial charge in [0.15, 0.2) is 0 Å². The van der Waals surface area contributed by atoms with E-state index in [2.05, 4.69) is 10.6 Å². The smallest absolute Gasteiger partial charge is 0.319 e. The Bertz CT molecular complexity index is 1020. The van der Waals surface area contributed by atoms with E-state index in [1.54, 1.807) is 4.90 Å². The quantitative estimate of drug-likeness (QED) is 0.723. The highest BCUT2D eigenvalue weighted by Crippen LogP contribution is 2.24. The molecule has 0 bridgehead atoms. The van der Waals surface area contributed by atoms with Crippen molar-refractivity contribution in [1.29, 1.82) is 0 Å². The molecule has 1 aliphatic heterocycles. The normalized spacial score (nSPS) is 16.9. The number of nitrogens with one attached hydrogen (secondary N) is 2. The molecule has 1 atom stereocenters. The van der Waals surface area contributed by atoms with Gasteiger partial charge in [0, 0.05) is 24.3 Å². The molecule has 2 aromatic carbocycles. The molecule has 1 heterocycles. The number of sulfonamides is 1. The lowest BCUT2D eigenvalue weighted by atomic mass is 10.1. The molecule has 0 aromatic heterocycles. The largest absolute Gasteiger partial charge is 0.333 e. The number of primary sulfonamides is 1. The Balaban J connectivity index is 1.60. The van der Waals surface area contributed by atoms with E-state index >= 15 is 0 Å². The molecule has 9 heteroatoms. The molecular weight excluding hydrogens is 380 g/mol. The number of benzene rings is 2. The van der Waals surface area contributed by atoms with E-state index in [0.29, 0.717) is 12.2 Å². The molecule has 1 saturated heterocycles. The number of aryl methyl sites for hydroxylation is 2. The third-order valence-electron chi connectivity index (χ3n) is 4.70. The SMILES string of the molecule is Cc1ccc(N2C[C@@H](NC(=O)Nc3ccc(S(N)(=O)=O)cc3)CC2=O)cc1C. The number of hydrogen-bond acceptors (Lipinski definition) is 4. The average Bonchev–Trinajstić information content (AvgIpc) is 2.97. The minimum atomic E-state index is -3.78. The Hall–Kier alpha value is -2.91. The van der Waals surface area contributed by atoms with E-state index in [-0.39, 0.29) is 23.3 Å². The van der Waals surface area contributed by atoms with E-state index in [1.807, 2.05) is 32.0 Å². The summed E-state index contributed by atoms with van der Waals surface area (Å²) in [5, 5.41) is 10.4. The molecule has 3 rings (SSSR count). The van der Waals surface area contributed by atoms with E-state index in [9.17, 15) is 18.0 Å². The minimum absolute atomic E-state index is 0.0381. The van der Waals surface area contributed by atoms with Crippen LogP contribution in [0.15, 0.2) is 47.4 Å². The molecule has 0 unspecified atom stereocenters. The van der Waals surface area contributed by atoms with Crippen LogP contribution in [0, 0.1) is 13.8 Å². The number of carbonyl (C=O) groups excluding carboxylic acids is 2. The van der Waals surface area contributed by atoms with Gasteiger partial charge in [0.2, 0.25) is 15.9 Å². The molecule has 0 aliphatic carbocycles. The fourth-order valence-corrected chi connectivity index (χ4v) is 3.54. The molecule has 0 radical (unpaired) electrons. The Morgan fingerprint density at radius 2 is 1.79 bits per heavy atom. The predicted molar refractivity (Wildman–Crippen MR) is 107 cm³/mol. The minimum Gasteiger partial charge on any atom is -0.333 e. The van der Waals surface area contributed by atoms with Crippen LogP contribution in [0.5, 0.6) is 0 Å². The van der Waals surface area contributed by atoms with Gasteiger partial charge >= 0.3 is 6.03 Å². The van der Waals surface area contributed by atoms with Crippen molar-refractivity contribution >= 4 is 33.3 Å². The summed E-state index contributed by atoms with van der Waals surface area (Å²) >= 11 is 0. The maximum Gasteiger partial charge on any atom is 0.319 e. The topological polar surface area (TPSA) is 122 Å². The Kier molecular flexibility index (Phi) is 5.39. The third-order valence-corrected chi connectivity index (χ3v) is 5.63. The van der Waals surface area contributed by atoms with Gasteiger partial charge < -0.3 is 15.5 Å². The fraction of sp³-hybridized carbons (Fsp3) is 0.263. The number of urea groups is 1. The van der Waals surface area contributed by atoms with Gasteiger partial charge in [0.1, 0.15) is 0 Å². The molecule has 1 fully saturated rings. The number of carbonyl (C=O) groups is 2. The van der Waals surface area contributed by atoms with Gasteiger partial charge in [-0.1, -0.05) is 6.07 Å². The van der Waals surface area contributed by atoms with Crippen LogP contribution in [0.3, 0.4) is 0 Å². The summed E-state index contributed by atoms with van der Waals surface area (Å²) in [5.41, 5.74) is 3.48. The molecule has 3 amide bonds. The summed E-state index contributed by atoms with van der Waals surface area (Å²) in [5.74, 6) is -0.0499. The first-order valence-electron chi connectivity index (χ1n) is 8.71. The molecule has 2 aromatic rings. The standard InChI is InChI=1S/C19H22N4O4S/c1-12-3-6-16(9-13(12)2)23-11-15(10-18(23)24)22-19(25)21-14-4-7-17(8-5-14)28(20,26)27/h3-9,15H,10-11H2,1-2H3,(H2,20,26,27)(H2,21,22,25)/t15-/m0/s1. The van der Waals surface area contributed by atoms with Crippen LogP contribution in [0.25, 0.3) is 0 Å². The van der Waals surface area contributed by atoms with Gasteiger partial charge in [-0.15, -0.1) is 0 Å². The Morgan fingerprint density at radius 3 is 2.39 bits per heavy atom. The third kappa shape index (κ3) is 4.49. The zero-order valence-electron chi connectivity index (χ0n) is 15.6. The maximum absolute atomic E-state index is 12.3. The zero-order chi connectivity index (χ0) is 20.5. The number of nitrogens with two attached hydrogens (primary N) is 1. The highest BCUT2D eigenvalue weighted by Gasteiger charge is 2.31. The lowest BCUT2D eigenvalue weighted by Gasteiger charge is -2.18.